The fourth-order valence-electron chi connectivity index (χ4n) is 2.53. The van der Waals surface area contributed by atoms with E-state index in [2.05, 4.69) is 0 Å². The molecule has 0 radical (unpaired) electrons. The standard InChI is InChI=1S/C17H14F2N2O7S2/c18-17(19,16(24)25)13-6-5-12(29-13)9-28-15(23)11-3-1-10(2-4-11)7-21-8-14(22)20-30(21,26)27/h1-6H,7-9H2,(H,20,22)(H,24,25). The van der Waals surface area contributed by atoms with Gasteiger partial charge in [0.2, 0.25) is 5.91 Å². The highest BCUT2D eigenvalue weighted by Gasteiger charge is 2.42. The molecule has 3 rings (SSSR count). The summed E-state index contributed by atoms with van der Waals surface area (Å²) in [5.74, 6) is -7.67. The number of aliphatic carboxylic acids is 1. The third-order valence-electron chi connectivity index (χ3n) is 4.04. The van der Waals surface area contributed by atoms with Gasteiger partial charge in [-0.1, -0.05) is 12.1 Å². The van der Waals surface area contributed by atoms with E-state index in [4.69, 9.17) is 9.84 Å². The third-order valence-corrected chi connectivity index (χ3v) is 6.59. The number of rotatable bonds is 7. The molecule has 9 nitrogen and oxygen atoms in total. The van der Waals surface area contributed by atoms with Gasteiger partial charge in [-0.25, -0.2) is 14.3 Å². The van der Waals surface area contributed by atoms with Crippen molar-refractivity contribution in [3.63, 3.8) is 0 Å². The number of hydrogen-bond acceptors (Lipinski definition) is 7. The van der Waals surface area contributed by atoms with E-state index in [0.717, 1.165) is 10.4 Å². The Balaban J connectivity index is 1.58. The minimum absolute atomic E-state index is 0.0633. The van der Waals surface area contributed by atoms with Crippen LogP contribution in [0.2, 0.25) is 0 Å². The molecule has 1 fully saturated rings. The van der Waals surface area contributed by atoms with Crippen molar-refractivity contribution < 1.29 is 41.4 Å². The monoisotopic (exact) mass is 460 g/mol. The lowest BCUT2D eigenvalue weighted by atomic mass is 10.1. The number of carbonyl (C=O) groups excluding carboxylic acids is 2. The lowest BCUT2D eigenvalue weighted by molar-refractivity contribution is -0.165. The molecular formula is C17H14F2N2O7S2. The zero-order valence-corrected chi connectivity index (χ0v) is 16.6. The minimum atomic E-state index is -4.02. The van der Waals surface area contributed by atoms with E-state index in [-0.39, 0.29) is 30.1 Å². The molecule has 1 aromatic heterocycles. The Labute approximate surface area is 173 Å². The Morgan fingerprint density at radius 2 is 1.87 bits per heavy atom. The number of amides is 1. The van der Waals surface area contributed by atoms with Gasteiger partial charge in [0.15, 0.2) is 0 Å². The third kappa shape index (κ3) is 4.63. The van der Waals surface area contributed by atoms with Crippen molar-refractivity contribution in [3.8, 4) is 0 Å². The summed E-state index contributed by atoms with van der Waals surface area (Å²) in [6, 6.07) is 7.99. The van der Waals surface area contributed by atoms with Gasteiger partial charge in [-0.3, -0.25) is 4.79 Å². The van der Waals surface area contributed by atoms with Crippen LogP contribution >= 0.6 is 11.3 Å². The smallest absolute Gasteiger partial charge is 0.380 e. The number of benzene rings is 1. The minimum Gasteiger partial charge on any atom is -0.477 e. The quantitative estimate of drug-likeness (QED) is 0.598. The summed E-state index contributed by atoms with van der Waals surface area (Å²) in [7, 11) is -3.86. The van der Waals surface area contributed by atoms with Crippen LogP contribution in [0.5, 0.6) is 0 Å². The van der Waals surface area contributed by atoms with Gasteiger partial charge in [-0.2, -0.15) is 21.5 Å². The second-order valence-corrected chi connectivity index (χ2v) is 9.06. The summed E-state index contributed by atoms with van der Waals surface area (Å²) in [6.45, 7) is -0.678. The first-order valence-electron chi connectivity index (χ1n) is 8.26. The highest BCUT2D eigenvalue weighted by molar-refractivity contribution is 7.88. The molecule has 0 spiro atoms. The average Bonchev–Trinajstić information content (AvgIpc) is 3.24. The number of halogens is 2. The molecule has 2 N–H and O–H groups in total. The number of alkyl halides is 2. The maximum Gasteiger partial charge on any atom is 0.380 e. The zero-order valence-electron chi connectivity index (χ0n) is 15.0. The topological polar surface area (TPSA) is 130 Å². The Morgan fingerprint density at radius 1 is 1.20 bits per heavy atom. The summed E-state index contributed by atoms with van der Waals surface area (Å²) in [4.78, 5) is 33.5. The molecule has 0 bridgehead atoms. The summed E-state index contributed by atoms with van der Waals surface area (Å²) >= 11 is 0.522. The molecule has 1 aromatic carbocycles. The number of carboxylic acids is 1. The number of esters is 1. The Kier molecular flexibility index (Phi) is 5.87. The number of ether oxygens (including phenoxy) is 1. The molecule has 0 atom stereocenters. The van der Waals surface area contributed by atoms with Crippen LogP contribution in [-0.2, 0) is 43.6 Å². The largest absolute Gasteiger partial charge is 0.477 e. The first-order valence-corrected chi connectivity index (χ1v) is 10.5. The van der Waals surface area contributed by atoms with E-state index in [1.165, 1.54) is 30.3 Å². The van der Waals surface area contributed by atoms with Crippen LogP contribution in [0, 0.1) is 0 Å². The summed E-state index contributed by atoms with van der Waals surface area (Å²) in [6.07, 6.45) is 0. The normalized spacial score (nSPS) is 16.3. The van der Waals surface area contributed by atoms with Gasteiger partial charge in [0, 0.05) is 11.4 Å². The van der Waals surface area contributed by atoms with Crippen LogP contribution in [0.3, 0.4) is 0 Å². The summed E-state index contributed by atoms with van der Waals surface area (Å²) in [5, 5.41) is 8.54. The lowest BCUT2D eigenvalue weighted by Crippen LogP contribution is -2.29. The van der Waals surface area contributed by atoms with E-state index in [0.29, 0.717) is 16.9 Å². The van der Waals surface area contributed by atoms with Crippen molar-refractivity contribution in [1.29, 1.82) is 0 Å². The van der Waals surface area contributed by atoms with Crippen LogP contribution in [0.15, 0.2) is 36.4 Å². The molecule has 1 aliphatic heterocycles. The molecule has 1 amide bonds. The summed E-state index contributed by atoms with van der Waals surface area (Å²) in [5.41, 5.74) is 0.676. The Morgan fingerprint density at radius 3 is 2.43 bits per heavy atom. The van der Waals surface area contributed by atoms with Crippen LogP contribution < -0.4 is 4.72 Å². The number of thiophene rings is 1. The van der Waals surface area contributed by atoms with Gasteiger partial charge in [0.25, 0.3) is 0 Å². The van der Waals surface area contributed by atoms with Crippen molar-refractivity contribution in [2.75, 3.05) is 6.54 Å². The second-order valence-electron chi connectivity index (χ2n) is 6.22. The van der Waals surface area contributed by atoms with Gasteiger partial charge in [-0.05, 0) is 29.8 Å². The first kappa shape index (κ1) is 21.8. The summed E-state index contributed by atoms with van der Waals surface area (Å²) < 4.78 is 58.2. The second kappa shape index (κ2) is 8.08. The SMILES string of the molecule is O=C1CN(Cc2ccc(C(=O)OCc3ccc(C(F)(F)C(=O)O)s3)cc2)S(=O)(=O)N1. The Hall–Kier alpha value is -2.90. The molecule has 0 unspecified atom stereocenters. The number of hydrogen-bond donors (Lipinski definition) is 2. The van der Waals surface area contributed by atoms with E-state index in [1.807, 2.05) is 4.72 Å². The highest BCUT2D eigenvalue weighted by Crippen LogP contribution is 2.34. The maximum absolute atomic E-state index is 13.4. The molecule has 0 saturated carbocycles. The first-order chi connectivity index (χ1) is 14.0. The van der Waals surface area contributed by atoms with Crippen molar-refractivity contribution in [3.05, 3.63) is 57.3 Å². The van der Waals surface area contributed by atoms with E-state index in [9.17, 15) is 31.6 Å². The molecule has 1 saturated heterocycles. The zero-order chi connectivity index (χ0) is 22.1. The van der Waals surface area contributed by atoms with E-state index >= 15 is 0 Å². The van der Waals surface area contributed by atoms with Gasteiger partial charge in [-0.15, -0.1) is 11.3 Å². The number of nitrogens with one attached hydrogen (secondary N) is 1. The number of carbonyl (C=O) groups is 3. The van der Waals surface area contributed by atoms with Crippen molar-refractivity contribution in [2.45, 2.75) is 19.1 Å². The van der Waals surface area contributed by atoms with Crippen LogP contribution in [0.4, 0.5) is 8.78 Å². The highest BCUT2D eigenvalue weighted by atomic mass is 32.2. The molecule has 30 heavy (non-hydrogen) atoms. The predicted octanol–water partition coefficient (Wildman–Crippen LogP) is 1.46. The fourth-order valence-corrected chi connectivity index (χ4v) is 4.50. The van der Waals surface area contributed by atoms with E-state index < -0.39 is 38.9 Å². The molecular weight excluding hydrogens is 446 g/mol. The maximum atomic E-state index is 13.4. The Bertz CT molecular complexity index is 1100. The number of carboxylic acid groups (broad SMARTS) is 1. The lowest BCUT2D eigenvalue weighted by Gasteiger charge is -2.12. The fraction of sp³-hybridized carbons (Fsp3) is 0.235. The van der Waals surface area contributed by atoms with Gasteiger partial charge in [0.1, 0.15) is 6.61 Å². The van der Waals surface area contributed by atoms with Crippen molar-refractivity contribution >= 4 is 39.4 Å². The van der Waals surface area contributed by atoms with Crippen LogP contribution in [0.1, 0.15) is 25.7 Å². The van der Waals surface area contributed by atoms with Crippen LogP contribution in [-0.4, -0.2) is 42.2 Å². The molecule has 13 heteroatoms. The number of nitrogens with zero attached hydrogens (tertiary/aromatic N) is 1. The van der Waals surface area contributed by atoms with Gasteiger partial charge in [0.05, 0.1) is 17.0 Å². The molecule has 160 valence electrons. The molecule has 2 aromatic rings. The predicted molar refractivity (Wildman–Crippen MR) is 98.9 cm³/mol. The molecule has 1 aliphatic rings. The average molecular weight is 460 g/mol. The van der Waals surface area contributed by atoms with Crippen molar-refractivity contribution in [1.82, 2.24) is 9.03 Å². The van der Waals surface area contributed by atoms with Crippen molar-refractivity contribution in [2.24, 2.45) is 0 Å². The molecule has 2 heterocycles. The van der Waals surface area contributed by atoms with Gasteiger partial charge >= 0.3 is 28.1 Å². The molecule has 0 aliphatic carbocycles. The van der Waals surface area contributed by atoms with E-state index in [1.54, 1.807) is 0 Å². The van der Waals surface area contributed by atoms with Crippen LogP contribution in [0.25, 0.3) is 0 Å². The van der Waals surface area contributed by atoms with Gasteiger partial charge < -0.3 is 9.84 Å².